The minimum atomic E-state index is 0.0194. The van der Waals surface area contributed by atoms with Gasteiger partial charge in [-0.05, 0) is 43.0 Å². The molecular formula is C22H28N2O2. The van der Waals surface area contributed by atoms with Gasteiger partial charge in [0.15, 0.2) is 0 Å². The lowest BCUT2D eigenvalue weighted by molar-refractivity contribution is -0.130. The van der Waals surface area contributed by atoms with Crippen LogP contribution in [0.25, 0.3) is 0 Å². The number of carbonyl (C=O) groups excluding carboxylic acids is 1. The molecule has 2 atom stereocenters. The van der Waals surface area contributed by atoms with Gasteiger partial charge in [-0.25, -0.2) is 0 Å². The number of hydrogen-bond acceptors (Lipinski definition) is 3. The monoisotopic (exact) mass is 352 g/mol. The highest BCUT2D eigenvalue weighted by atomic mass is 16.5. The zero-order valence-corrected chi connectivity index (χ0v) is 15.4. The van der Waals surface area contributed by atoms with Crippen molar-refractivity contribution in [3.63, 3.8) is 0 Å². The highest BCUT2D eigenvalue weighted by Gasteiger charge is 2.33. The Hall–Kier alpha value is -2.33. The van der Waals surface area contributed by atoms with Crippen LogP contribution in [-0.2, 0) is 4.79 Å². The zero-order chi connectivity index (χ0) is 18.4. The van der Waals surface area contributed by atoms with Crippen molar-refractivity contribution in [1.29, 1.82) is 0 Å². The summed E-state index contributed by atoms with van der Waals surface area (Å²) < 4.78 is 5.74. The molecule has 0 saturated carbocycles. The van der Waals surface area contributed by atoms with Crippen LogP contribution in [-0.4, -0.2) is 36.5 Å². The molecule has 0 spiro atoms. The van der Waals surface area contributed by atoms with Gasteiger partial charge in [-0.3, -0.25) is 4.79 Å². The van der Waals surface area contributed by atoms with Gasteiger partial charge in [0, 0.05) is 31.5 Å². The first kappa shape index (κ1) is 18.5. The van der Waals surface area contributed by atoms with Gasteiger partial charge in [0.2, 0.25) is 5.91 Å². The molecule has 4 heteroatoms. The molecule has 2 aromatic rings. The fourth-order valence-electron chi connectivity index (χ4n) is 3.52. The molecule has 1 aliphatic rings. The lowest BCUT2D eigenvalue weighted by Crippen LogP contribution is -2.32. The Kier molecular flexibility index (Phi) is 6.29. The minimum absolute atomic E-state index is 0.0194. The van der Waals surface area contributed by atoms with Gasteiger partial charge in [0.1, 0.15) is 5.75 Å². The van der Waals surface area contributed by atoms with Crippen LogP contribution in [0.3, 0.4) is 0 Å². The standard InChI is InChI=1S/C22H28N2O2/c1-17-8-7-11-19(14-17)26-13-6-5-12-22(25)24-15-20(21(23)16-24)18-9-3-2-4-10-18/h2-4,7-11,14,20-21H,5-6,12-13,15-16,23H2,1H3/t20-,21+/m0/s1. The third-order valence-electron chi connectivity index (χ3n) is 4.99. The van der Waals surface area contributed by atoms with Crippen LogP contribution in [0.1, 0.15) is 36.3 Å². The number of amides is 1. The highest BCUT2D eigenvalue weighted by molar-refractivity contribution is 5.76. The molecule has 4 nitrogen and oxygen atoms in total. The van der Waals surface area contributed by atoms with Crippen LogP contribution >= 0.6 is 0 Å². The average Bonchev–Trinajstić information content (AvgIpc) is 3.04. The van der Waals surface area contributed by atoms with Crippen molar-refractivity contribution in [3.8, 4) is 5.75 Å². The van der Waals surface area contributed by atoms with E-state index in [1.165, 1.54) is 11.1 Å². The lowest BCUT2D eigenvalue weighted by atomic mass is 9.95. The molecular weight excluding hydrogens is 324 g/mol. The molecule has 138 valence electrons. The van der Waals surface area contributed by atoms with Gasteiger partial charge in [0.05, 0.1) is 6.61 Å². The summed E-state index contributed by atoms with van der Waals surface area (Å²) in [7, 11) is 0. The summed E-state index contributed by atoms with van der Waals surface area (Å²) in [5.74, 6) is 1.34. The molecule has 2 aromatic carbocycles. The Balaban J connectivity index is 1.39. The van der Waals surface area contributed by atoms with Crippen LogP contribution in [0, 0.1) is 6.92 Å². The number of likely N-dealkylation sites (tertiary alicyclic amines) is 1. The first-order valence-electron chi connectivity index (χ1n) is 9.41. The lowest BCUT2D eigenvalue weighted by Gasteiger charge is -2.16. The number of rotatable bonds is 7. The second kappa shape index (κ2) is 8.86. The molecule has 0 aromatic heterocycles. The van der Waals surface area contributed by atoms with E-state index in [-0.39, 0.29) is 17.9 Å². The van der Waals surface area contributed by atoms with Gasteiger partial charge < -0.3 is 15.4 Å². The molecule has 3 rings (SSSR count). The zero-order valence-electron chi connectivity index (χ0n) is 15.4. The van der Waals surface area contributed by atoms with Gasteiger partial charge in [-0.2, -0.15) is 0 Å². The topological polar surface area (TPSA) is 55.6 Å². The molecule has 1 saturated heterocycles. The smallest absolute Gasteiger partial charge is 0.222 e. The Labute approximate surface area is 156 Å². The quantitative estimate of drug-likeness (QED) is 0.776. The Bertz CT molecular complexity index is 717. The molecule has 1 amide bonds. The number of hydrogen-bond donors (Lipinski definition) is 1. The Morgan fingerprint density at radius 3 is 2.69 bits per heavy atom. The number of carbonyl (C=O) groups is 1. The number of nitrogens with two attached hydrogens (primary N) is 1. The van der Waals surface area contributed by atoms with E-state index in [1.54, 1.807) is 0 Å². The predicted octanol–water partition coefficient (Wildman–Crippen LogP) is 3.50. The molecule has 0 unspecified atom stereocenters. The third kappa shape index (κ3) is 4.85. The average molecular weight is 352 g/mol. The van der Waals surface area contributed by atoms with Crippen molar-refractivity contribution < 1.29 is 9.53 Å². The van der Waals surface area contributed by atoms with E-state index in [2.05, 4.69) is 25.1 Å². The largest absolute Gasteiger partial charge is 0.494 e. The predicted molar refractivity (Wildman–Crippen MR) is 104 cm³/mol. The fourth-order valence-corrected chi connectivity index (χ4v) is 3.52. The first-order chi connectivity index (χ1) is 12.6. The number of ether oxygens (including phenoxy) is 1. The minimum Gasteiger partial charge on any atom is -0.494 e. The normalized spacial score (nSPS) is 19.5. The molecule has 1 aliphatic heterocycles. The number of nitrogens with zero attached hydrogens (tertiary/aromatic N) is 1. The number of benzene rings is 2. The van der Waals surface area contributed by atoms with Gasteiger partial charge in [-0.15, -0.1) is 0 Å². The van der Waals surface area contributed by atoms with E-state index < -0.39 is 0 Å². The molecule has 0 aliphatic carbocycles. The summed E-state index contributed by atoms with van der Waals surface area (Å²) in [5.41, 5.74) is 8.69. The summed E-state index contributed by atoms with van der Waals surface area (Å²) in [6.45, 7) is 4.07. The second-order valence-corrected chi connectivity index (χ2v) is 7.10. The summed E-state index contributed by atoms with van der Waals surface area (Å²) >= 11 is 0. The summed E-state index contributed by atoms with van der Waals surface area (Å²) in [5, 5.41) is 0. The number of unbranched alkanes of at least 4 members (excludes halogenated alkanes) is 1. The van der Waals surface area contributed by atoms with Crippen LogP contribution in [0.15, 0.2) is 54.6 Å². The van der Waals surface area contributed by atoms with Gasteiger partial charge in [-0.1, -0.05) is 42.5 Å². The van der Waals surface area contributed by atoms with E-state index in [0.29, 0.717) is 19.6 Å². The SMILES string of the molecule is Cc1cccc(OCCCCC(=O)N2C[C@@H](N)[C@H](c3ccccc3)C2)c1. The second-order valence-electron chi connectivity index (χ2n) is 7.10. The van der Waals surface area contributed by atoms with Crippen molar-refractivity contribution in [2.24, 2.45) is 5.73 Å². The van der Waals surface area contributed by atoms with Crippen molar-refractivity contribution in [2.45, 2.75) is 38.1 Å². The Morgan fingerprint density at radius 1 is 1.12 bits per heavy atom. The van der Waals surface area contributed by atoms with E-state index >= 15 is 0 Å². The maximum absolute atomic E-state index is 12.5. The van der Waals surface area contributed by atoms with Crippen LogP contribution in [0.4, 0.5) is 0 Å². The molecule has 0 bridgehead atoms. The molecule has 1 fully saturated rings. The van der Waals surface area contributed by atoms with E-state index in [4.69, 9.17) is 10.5 Å². The maximum Gasteiger partial charge on any atom is 0.222 e. The van der Waals surface area contributed by atoms with Gasteiger partial charge >= 0.3 is 0 Å². The summed E-state index contributed by atoms with van der Waals surface area (Å²) in [4.78, 5) is 14.4. The van der Waals surface area contributed by atoms with Gasteiger partial charge in [0.25, 0.3) is 0 Å². The highest BCUT2D eigenvalue weighted by Crippen LogP contribution is 2.27. The van der Waals surface area contributed by atoms with Crippen molar-refractivity contribution in [3.05, 3.63) is 65.7 Å². The summed E-state index contributed by atoms with van der Waals surface area (Å²) in [6.07, 6.45) is 2.28. The van der Waals surface area contributed by atoms with E-state index in [0.717, 1.165) is 25.1 Å². The van der Waals surface area contributed by atoms with E-state index in [1.807, 2.05) is 41.3 Å². The van der Waals surface area contributed by atoms with Crippen LogP contribution < -0.4 is 10.5 Å². The number of aryl methyl sites for hydroxylation is 1. The summed E-state index contributed by atoms with van der Waals surface area (Å²) in [6, 6.07) is 18.3. The maximum atomic E-state index is 12.5. The molecule has 0 radical (unpaired) electrons. The van der Waals surface area contributed by atoms with Crippen LogP contribution in [0.2, 0.25) is 0 Å². The Morgan fingerprint density at radius 2 is 1.92 bits per heavy atom. The van der Waals surface area contributed by atoms with E-state index in [9.17, 15) is 4.79 Å². The first-order valence-corrected chi connectivity index (χ1v) is 9.41. The molecule has 2 N–H and O–H groups in total. The van der Waals surface area contributed by atoms with Crippen molar-refractivity contribution >= 4 is 5.91 Å². The van der Waals surface area contributed by atoms with Crippen molar-refractivity contribution in [2.75, 3.05) is 19.7 Å². The fraction of sp³-hybridized carbons (Fsp3) is 0.409. The van der Waals surface area contributed by atoms with Crippen molar-refractivity contribution in [1.82, 2.24) is 4.90 Å². The third-order valence-corrected chi connectivity index (χ3v) is 4.99. The molecule has 26 heavy (non-hydrogen) atoms. The van der Waals surface area contributed by atoms with Crippen LogP contribution in [0.5, 0.6) is 5.75 Å². The molecule has 1 heterocycles.